The molecule has 1 aliphatic carbocycles. The first kappa shape index (κ1) is 13.4. The van der Waals surface area contributed by atoms with Crippen molar-refractivity contribution in [2.75, 3.05) is 0 Å². The van der Waals surface area contributed by atoms with E-state index in [-0.39, 0.29) is 0 Å². The predicted molar refractivity (Wildman–Crippen MR) is 88.8 cm³/mol. The van der Waals surface area contributed by atoms with Crippen LogP contribution >= 0.6 is 15.9 Å². The fourth-order valence-corrected chi connectivity index (χ4v) is 3.04. The van der Waals surface area contributed by atoms with E-state index < -0.39 is 0 Å². The first-order chi connectivity index (χ1) is 9.83. The molecule has 20 heavy (non-hydrogen) atoms. The minimum Gasteiger partial charge on any atom is -0.0802 e. The first-order valence-electron chi connectivity index (χ1n) is 6.97. The number of hydrogen-bond donors (Lipinski definition) is 0. The maximum atomic E-state index is 3.49. The van der Waals surface area contributed by atoms with E-state index in [9.17, 15) is 0 Å². The topological polar surface area (TPSA) is 0 Å². The summed E-state index contributed by atoms with van der Waals surface area (Å²) in [6.45, 7) is 0. The van der Waals surface area contributed by atoms with Crippen molar-refractivity contribution in [3.05, 3.63) is 94.5 Å². The van der Waals surface area contributed by atoms with Crippen LogP contribution in [0.1, 0.15) is 17.0 Å². The summed E-state index contributed by atoms with van der Waals surface area (Å²) < 4.78 is 1.14. The Kier molecular flexibility index (Phi) is 4.17. The smallest absolute Gasteiger partial charge is 0.0175 e. The summed E-state index contributed by atoms with van der Waals surface area (Å²) in [5, 5.41) is 0. The zero-order valence-corrected chi connectivity index (χ0v) is 12.8. The predicted octanol–water partition coefficient (Wildman–Crippen LogP) is 5.52. The van der Waals surface area contributed by atoms with Gasteiger partial charge in [0.05, 0.1) is 0 Å². The summed E-state index contributed by atoms with van der Waals surface area (Å²) in [5.41, 5.74) is 2.79. The summed E-state index contributed by atoms with van der Waals surface area (Å²) in [6.07, 6.45) is 10.1. The van der Waals surface area contributed by atoms with Gasteiger partial charge in [0.1, 0.15) is 0 Å². The van der Waals surface area contributed by atoms with Crippen molar-refractivity contribution in [2.45, 2.75) is 12.3 Å². The molecule has 0 aromatic heterocycles. The largest absolute Gasteiger partial charge is 0.0802 e. The van der Waals surface area contributed by atoms with E-state index in [0.29, 0.717) is 11.8 Å². The van der Waals surface area contributed by atoms with Crippen LogP contribution in [-0.2, 0) is 6.42 Å². The van der Waals surface area contributed by atoms with E-state index in [4.69, 9.17) is 0 Å². The Morgan fingerprint density at radius 2 is 1.50 bits per heavy atom. The van der Waals surface area contributed by atoms with Crippen LogP contribution < -0.4 is 0 Å². The van der Waals surface area contributed by atoms with E-state index in [1.54, 1.807) is 0 Å². The molecule has 0 bridgehead atoms. The van der Waals surface area contributed by atoms with E-state index in [2.05, 4.69) is 94.8 Å². The van der Waals surface area contributed by atoms with Crippen LogP contribution in [0.15, 0.2) is 83.4 Å². The molecular weight excluding hydrogens is 308 g/mol. The SMILES string of the molecule is Brc1ccc(CC2C=CC=CC2c2ccccc2)cc1. The van der Waals surface area contributed by atoms with Crippen LogP contribution in [-0.4, -0.2) is 0 Å². The average molecular weight is 325 g/mol. The molecule has 0 fully saturated rings. The highest BCUT2D eigenvalue weighted by Crippen LogP contribution is 2.32. The average Bonchev–Trinajstić information content (AvgIpc) is 2.51. The number of halogens is 1. The molecule has 0 heterocycles. The molecule has 0 N–H and O–H groups in total. The Bertz CT molecular complexity index is 608. The number of benzene rings is 2. The second kappa shape index (κ2) is 6.23. The van der Waals surface area contributed by atoms with Gasteiger partial charge in [0.25, 0.3) is 0 Å². The van der Waals surface area contributed by atoms with Crippen molar-refractivity contribution in [1.29, 1.82) is 0 Å². The second-order valence-electron chi connectivity index (χ2n) is 5.20. The zero-order valence-electron chi connectivity index (χ0n) is 11.2. The minimum atomic E-state index is 0.477. The molecule has 2 atom stereocenters. The highest BCUT2D eigenvalue weighted by molar-refractivity contribution is 9.10. The number of rotatable bonds is 3. The summed E-state index contributed by atoms with van der Waals surface area (Å²) in [5.74, 6) is 1.01. The standard InChI is InChI=1S/C19H17Br/c20-18-12-10-15(11-13-18)14-17-8-4-5-9-19(17)16-6-2-1-3-7-16/h1-13,17,19H,14H2. The Balaban J connectivity index is 1.82. The van der Waals surface area contributed by atoms with Gasteiger partial charge < -0.3 is 0 Å². The lowest BCUT2D eigenvalue weighted by atomic mass is 9.80. The molecule has 0 amide bonds. The van der Waals surface area contributed by atoms with Gasteiger partial charge in [0.2, 0.25) is 0 Å². The van der Waals surface area contributed by atoms with Crippen LogP contribution in [0.2, 0.25) is 0 Å². The van der Waals surface area contributed by atoms with Gasteiger partial charge >= 0.3 is 0 Å². The zero-order chi connectivity index (χ0) is 13.8. The van der Waals surface area contributed by atoms with Crippen LogP contribution in [0.25, 0.3) is 0 Å². The fraction of sp³-hybridized carbons (Fsp3) is 0.158. The Labute approximate surface area is 129 Å². The maximum absolute atomic E-state index is 3.49. The molecule has 0 saturated heterocycles. The monoisotopic (exact) mass is 324 g/mol. The third-order valence-electron chi connectivity index (χ3n) is 3.82. The third kappa shape index (κ3) is 3.10. The molecule has 100 valence electrons. The highest BCUT2D eigenvalue weighted by atomic mass is 79.9. The van der Waals surface area contributed by atoms with Gasteiger partial charge in [-0.15, -0.1) is 0 Å². The summed E-state index contributed by atoms with van der Waals surface area (Å²) in [7, 11) is 0. The van der Waals surface area contributed by atoms with E-state index in [1.165, 1.54) is 11.1 Å². The lowest BCUT2D eigenvalue weighted by Gasteiger charge is -2.24. The van der Waals surface area contributed by atoms with Crippen molar-refractivity contribution in [2.24, 2.45) is 5.92 Å². The lowest BCUT2D eigenvalue weighted by Crippen LogP contribution is -2.13. The van der Waals surface area contributed by atoms with E-state index in [1.807, 2.05) is 0 Å². The molecule has 0 aliphatic heterocycles. The summed E-state index contributed by atoms with van der Waals surface area (Å²) in [4.78, 5) is 0. The quantitative estimate of drug-likeness (QED) is 0.697. The molecule has 2 aromatic rings. The molecule has 0 nitrogen and oxygen atoms in total. The molecule has 2 unspecified atom stereocenters. The van der Waals surface area contributed by atoms with Gasteiger partial charge in [0.15, 0.2) is 0 Å². The van der Waals surface area contributed by atoms with Gasteiger partial charge in [-0.1, -0.05) is 82.7 Å². The van der Waals surface area contributed by atoms with Crippen molar-refractivity contribution < 1.29 is 0 Å². The summed E-state index contributed by atoms with van der Waals surface area (Å²) in [6, 6.07) is 19.4. The van der Waals surface area contributed by atoms with Crippen molar-refractivity contribution in [3.8, 4) is 0 Å². The van der Waals surface area contributed by atoms with Crippen molar-refractivity contribution in [1.82, 2.24) is 0 Å². The van der Waals surface area contributed by atoms with Crippen LogP contribution in [0.4, 0.5) is 0 Å². The van der Waals surface area contributed by atoms with Gasteiger partial charge in [-0.3, -0.25) is 0 Å². The minimum absolute atomic E-state index is 0.477. The van der Waals surface area contributed by atoms with E-state index in [0.717, 1.165) is 10.9 Å². The van der Waals surface area contributed by atoms with Gasteiger partial charge in [-0.2, -0.15) is 0 Å². The molecular formula is C19H17Br. The molecule has 1 heteroatoms. The van der Waals surface area contributed by atoms with Crippen molar-refractivity contribution >= 4 is 15.9 Å². The van der Waals surface area contributed by atoms with Gasteiger partial charge in [-0.25, -0.2) is 0 Å². The fourth-order valence-electron chi connectivity index (χ4n) is 2.77. The van der Waals surface area contributed by atoms with E-state index >= 15 is 0 Å². The normalized spacial score (nSPS) is 21.1. The van der Waals surface area contributed by atoms with Crippen molar-refractivity contribution in [3.63, 3.8) is 0 Å². The molecule has 0 spiro atoms. The molecule has 2 aromatic carbocycles. The Morgan fingerprint density at radius 3 is 2.25 bits per heavy atom. The Hall–Kier alpha value is -1.60. The first-order valence-corrected chi connectivity index (χ1v) is 7.76. The highest BCUT2D eigenvalue weighted by Gasteiger charge is 2.20. The lowest BCUT2D eigenvalue weighted by molar-refractivity contribution is 0.574. The molecule has 3 rings (SSSR count). The number of allylic oxidation sites excluding steroid dienone is 4. The van der Waals surface area contributed by atoms with Crippen LogP contribution in [0.5, 0.6) is 0 Å². The van der Waals surface area contributed by atoms with Gasteiger partial charge in [0, 0.05) is 10.4 Å². The molecule has 0 saturated carbocycles. The van der Waals surface area contributed by atoms with Gasteiger partial charge in [-0.05, 0) is 35.6 Å². The third-order valence-corrected chi connectivity index (χ3v) is 4.35. The number of hydrogen-bond acceptors (Lipinski definition) is 0. The summed E-state index contributed by atoms with van der Waals surface area (Å²) >= 11 is 3.49. The van der Waals surface area contributed by atoms with Crippen LogP contribution in [0.3, 0.4) is 0 Å². The maximum Gasteiger partial charge on any atom is 0.0175 e. The molecule has 0 radical (unpaired) electrons. The second-order valence-corrected chi connectivity index (χ2v) is 6.12. The Morgan fingerprint density at radius 1 is 0.800 bits per heavy atom. The molecule has 1 aliphatic rings. The van der Waals surface area contributed by atoms with Crippen LogP contribution in [0, 0.1) is 5.92 Å².